The Morgan fingerprint density at radius 2 is 1.26 bits per heavy atom. The summed E-state index contributed by atoms with van der Waals surface area (Å²) >= 11 is 0. The molecule has 4 aromatic carbocycles. The number of carbonyl (C=O) groups is 2. The summed E-state index contributed by atoms with van der Waals surface area (Å²) in [6.45, 7) is -0.174. The van der Waals surface area contributed by atoms with Crippen molar-refractivity contribution >= 4 is 21.8 Å². The smallest absolute Gasteiger partial charge is 0.247 e. The summed E-state index contributed by atoms with van der Waals surface area (Å²) in [5.41, 5.74) is 2.94. The number of amides is 2. The van der Waals surface area contributed by atoms with E-state index in [1.165, 1.54) is 17.0 Å². The van der Waals surface area contributed by atoms with E-state index in [4.69, 9.17) is 0 Å². The van der Waals surface area contributed by atoms with Crippen molar-refractivity contribution in [3.8, 4) is 0 Å². The van der Waals surface area contributed by atoms with E-state index in [1.807, 2.05) is 42.5 Å². The molecule has 1 atom stereocenters. The molecule has 0 aliphatic rings. The van der Waals surface area contributed by atoms with Gasteiger partial charge in [0.15, 0.2) is 0 Å². The molecule has 9 heteroatoms. The van der Waals surface area contributed by atoms with Gasteiger partial charge in [0, 0.05) is 19.6 Å². The minimum Gasteiger partial charge on any atom is -0.354 e. The third kappa shape index (κ3) is 8.83. The van der Waals surface area contributed by atoms with Crippen LogP contribution in [0.5, 0.6) is 0 Å². The number of hydrogen-bond acceptors (Lipinski definition) is 4. The zero-order valence-electron chi connectivity index (χ0n) is 23.4. The molecule has 0 saturated heterocycles. The van der Waals surface area contributed by atoms with E-state index < -0.39 is 40.2 Å². The van der Waals surface area contributed by atoms with Crippen LogP contribution in [-0.4, -0.2) is 48.8 Å². The Kier molecular flexibility index (Phi) is 10.6. The van der Waals surface area contributed by atoms with Crippen molar-refractivity contribution in [1.29, 1.82) is 0 Å². The number of hydrogen-bond donors (Lipinski definition) is 1. The van der Waals surface area contributed by atoms with Gasteiger partial charge < -0.3 is 10.2 Å². The lowest BCUT2D eigenvalue weighted by molar-refractivity contribution is -0.141. The molecule has 0 aliphatic carbocycles. The SMILES string of the molecule is CS(=O)(=O)N(CC(=O)N(Cc1ccc(F)cc1)C(C(=O)NCCc1ccccc1)c1ccccc1)Cc1ccccc1. The standard InChI is InChI=1S/C33H34FN3O4S/c1-42(40,41)36(23-27-13-7-3-8-14-27)25-31(38)37(24-28-17-19-30(34)20-18-28)32(29-15-9-4-10-16-29)33(39)35-22-21-26-11-5-2-6-12-26/h2-20,32H,21-25H2,1H3,(H,35,39). The van der Waals surface area contributed by atoms with Crippen molar-refractivity contribution in [2.45, 2.75) is 25.6 Å². The number of nitrogens with one attached hydrogen (secondary N) is 1. The van der Waals surface area contributed by atoms with Gasteiger partial charge in [0.05, 0.1) is 12.8 Å². The molecule has 0 saturated carbocycles. The highest BCUT2D eigenvalue weighted by Gasteiger charge is 2.33. The lowest BCUT2D eigenvalue weighted by atomic mass is 10.0. The van der Waals surface area contributed by atoms with Gasteiger partial charge in [-0.3, -0.25) is 9.59 Å². The Bertz CT molecular complexity index is 1550. The summed E-state index contributed by atoms with van der Waals surface area (Å²) in [7, 11) is -3.79. The summed E-state index contributed by atoms with van der Waals surface area (Å²) < 4.78 is 40.3. The van der Waals surface area contributed by atoms with Gasteiger partial charge in [-0.2, -0.15) is 4.31 Å². The van der Waals surface area contributed by atoms with Crippen LogP contribution in [0, 0.1) is 5.82 Å². The van der Waals surface area contributed by atoms with Crippen LogP contribution in [0.15, 0.2) is 115 Å². The largest absolute Gasteiger partial charge is 0.354 e. The van der Waals surface area contributed by atoms with E-state index in [9.17, 15) is 22.4 Å². The second-order valence-electron chi connectivity index (χ2n) is 10.0. The third-order valence-electron chi connectivity index (χ3n) is 6.80. The molecule has 4 aromatic rings. The predicted octanol–water partition coefficient (Wildman–Crippen LogP) is 4.72. The molecule has 7 nitrogen and oxygen atoms in total. The van der Waals surface area contributed by atoms with Gasteiger partial charge >= 0.3 is 0 Å². The summed E-state index contributed by atoms with van der Waals surface area (Å²) in [6, 6.07) is 32.2. The third-order valence-corrected chi connectivity index (χ3v) is 8.00. The molecule has 0 aromatic heterocycles. The molecule has 0 aliphatic heterocycles. The van der Waals surface area contributed by atoms with E-state index in [-0.39, 0.29) is 13.1 Å². The summed E-state index contributed by atoms with van der Waals surface area (Å²) in [5.74, 6) is -1.39. The Morgan fingerprint density at radius 3 is 1.83 bits per heavy atom. The first-order chi connectivity index (χ1) is 20.2. The number of rotatable bonds is 13. The minimum absolute atomic E-state index is 0.00488. The van der Waals surface area contributed by atoms with Crippen molar-refractivity contribution in [1.82, 2.24) is 14.5 Å². The molecule has 4 rings (SSSR count). The lowest BCUT2D eigenvalue weighted by Gasteiger charge is -2.33. The average molecular weight is 588 g/mol. The van der Waals surface area contributed by atoms with Gasteiger partial charge in [0.25, 0.3) is 0 Å². The van der Waals surface area contributed by atoms with E-state index in [1.54, 1.807) is 60.7 Å². The van der Waals surface area contributed by atoms with E-state index in [0.717, 1.165) is 21.7 Å². The predicted molar refractivity (Wildman–Crippen MR) is 161 cm³/mol. The fraction of sp³-hybridized carbons (Fsp3) is 0.212. The van der Waals surface area contributed by atoms with Crippen molar-refractivity contribution in [2.75, 3.05) is 19.3 Å². The maximum atomic E-state index is 14.0. The Hall–Kier alpha value is -4.34. The first-order valence-corrected chi connectivity index (χ1v) is 15.4. The fourth-order valence-electron chi connectivity index (χ4n) is 4.61. The first kappa shape index (κ1) is 30.6. The number of carbonyl (C=O) groups excluding carboxylic acids is 2. The number of halogens is 1. The van der Waals surface area contributed by atoms with Crippen LogP contribution in [0.4, 0.5) is 4.39 Å². The normalized spacial score (nSPS) is 12.1. The fourth-order valence-corrected chi connectivity index (χ4v) is 5.34. The van der Waals surface area contributed by atoms with E-state index in [0.29, 0.717) is 24.1 Å². The number of sulfonamides is 1. The number of benzene rings is 4. The Balaban J connectivity index is 1.66. The highest BCUT2D eigenvalue weighted by Crippen LogP contribution is 2.25. The maximum Gasteiger partial charge on any atom is 0.247 e. The van der Waals surface area contributed by atoms with Crippen molar-refractivity contribution in [3.63, 3.8) is 0 Å². The van der Waals surface area contributed by atoms with Crippen LogP contribution in [0.25, 0.3) is 0 Å². The molecular formula is C33H34FN3O4S. The molecule has 2 amide bonds. The molecule has 0 radical (unpaired) electrons. The van der Waals surface area contributed by atoms with Crippen LogP contribution >= 0.6 is 0 Å². The zero-order chi connectivity index (χ0) is 30.0. The van der Waals surface area contributed by atoms with Gasteiger partial charge in [0.1, 0.15) is 11.9 Å². The molecule has 0 bridgehead atoms. The maximum absolute atomic E-state index is 14.0. The molecular weight excluding hydrogens is 553 g/mol. The van der Waals surface area contributed by atoms with E-state index in [2.05, 4.69) is 5.32 Å². The van der Waals surface area contributed by atoms with Gasteiger partial charge in [-0.05, 0) is 40.8 Å². The summed E-state index contributed by atoms with van der Waals surface area (Å²) in [5, 5.41) is 2.96. The van der Waals surface area contributed by atoms with Gasteiger partial charge in [0.2, 0.25) is 21.8 Å². The molecule has 42 heavy (non-hydrogen) atoms. The van der Waals surface area contributed by atoms with Gasteiger partial charge in [-0.1, -0.05) is 103 Å². The minimum atomic E-state index is -3.79. The Morgan fingerprint density at radius 1 is 0.738 bits per heavy atom. The quantitative estimate of drug-likeness (QED) is 0.245. The topological polar surface area (TPSA) is 86.8 Å². The van der Waals surface area contributed by atoms with Crippen LogP contribution in [0.1, 0.15) is 28.3 Å². The Labute approximate surface area is 246 Å². The van der Waals surface area contributed by atoms with Crippen molar-refractivity contribution in [3.05, 3.63) is 143 Å². The van der Waals surface area contributed by atoms with Gasteiger partial charge in [-0.25, -0.2) is 12.8 Å². The molecule has 218 valence electrons. The van der Waals surface area contributed by atoms with Crippen LogP contribution in [0.2, 0.25) is 0 Å². The van der Waals surface area contributed by atoms with Gasteiger partial charge in [-0.15, -0.1) is 0 Å². The second kappa shape index (κ2) is 14.5. The van der Waals surface area contributed by atoms with Crippen molar-refractivity contribution in [2.24, 2.45) is 0 Å². The molecule has 0 spiro atoms. The molecule has 0 heterocycles. The monoisotopic (exact) mass is 587 g/mol. The van der Waals surface area contributed by atoms with E-state index >= 15 is 0 Å². The highest BCUT2D eigenvalue weighted by atomic mass is 32.2. The van der Waals surface area contributed by atoms with Crippen LogP contribution in [0.3, 0.4) is 0 Å². The van der Waals surface area contributed by atoms with Crippen molar-refractivity contribution < 1.29 is 22.4 Å². The van der Waals surface area contributed by atoms with Crippen LogP contribution < -0.4 is 5.32 Å². The summed E-state index contributed by atoms with van der Waals surface area (Å²) in [4.78, 5) is 29.2. The molecule has 1 N–H and O–H groups in total. The average Bonchev–Trinajstić information content (AvgIpc) is 2.98. The lowest BCUT2D eigenvalue weighted by Crippen LogP contribution is -2.48. The molecule has 0 fully saturated rings. The number of nitrogens with zero attached hydrogens (tertiary/aromatic N) is 2. The zero-order valence-corrected chi connectivity index (χ0v) is 24.2. The first-order valence-electron chi connectivity index (χ1n) is 13.6. The summed E-state index contributed by atoms with van der Waals surface area (Å²) in [6.07, 6.45) is 1.65. The van der Waals surface area contributed by atoms with Crippen LogP contribution in [-0.2, 0) is 39.1 Å². The highest BCUT2D eigenvalue weighted by molar-refractivity contribution is 7.88. The molecule has 1 unspecified atom stereocenters. The second-order valence-corrected chi connectivity index (χ2v) is 12.0.